The zero-order valence-corrected chi connectivity index (χ0v) is 16.2. The molecule has 0 saturated carbocycles. The van der Waals surface area contributed by atoms with E-state index in [-0.39, 0.29) is 6.61 Å². The zero-order valence-electron chi connectivity index (χ0n) is 15.3. The van der Waals surface area contributed by atoms with Gasteiger partial charge in [-0.25, -0.2) is 0 Å². The van der Waals surface area contributed by atoms with E-state index >= 15 is 0 Å². The summed E-state index contributed by atoms with van der Waals surface area (Å²) in [5.74, 6) is 0. The SMILES string of the molecule is CC(C)([O-])COC[P+](c1ccccc1)(c1ccccc1)c1ccccc1. The van der Waals surface area contributed by atoms with Gasteiger partial charge >= 0.3 is 0 Å². The van der Waals surface area contributed by atoms with Crippen LogP contribution in [0.25, 0.3) is 0 Å². The van der Waals surface area contributed by atoms with E-state index in [1.54, 1.807) is 13.8 Å². The van der Waals surface area contributed by atoms with Crippen molar-refractivity contribution in [3.8, 4) is 0 Å². The van der Waals surface area contributed by atoms with Crippen LogP contribution in [0.2, 0.25) is 0 Å². The highest BCUT2D eigenvalue weighted by Crippen LogP contribution is 2.55. The van der Waals surface area contributed by atoms with Crippen LogP contribution in [-0.4, -0.2) is 18.6 Å². The summed E-state index contributed by atoms with van der Waals surface area (Å²) in [5, 5.41) is 15.9. The second-order valence-electron chi connectivity index (χ2n) is 7.05. The summed E-state index contributed by atoms with van der Waals surface area (Å²) in [5.41, 5.74) is -1.10. The standard InChI is InChI=1S/C23H25O2P/c1-23(2,24)18-25-19-26(20-12-6-3-7-13-20,21-14-8-4-9-15-21)22-16-10-5-11-17-22/h3-17H,18-19H2,1-2H3. The maximum atomic E-state index is 12.1. The maximum Gasteiger partial charge on any atom is 0.171 e. The maximum absolute atomic E-state index is 12.1. The molecule has 0 saturated heterocycles. The molecule has 0 radical (unpaired) electrons. The second kappa shape index (κ2) is 8.14. The topological polar surface area (TPSA) is 32.3 Å². The van der Waals surface area contributed by atoms with E-state index in [1.165, 1.54) is 15.9 Å². The van der Waals surface area contributed by atoms with Gasteiger partial charge in [0.15, 0.2) is 6.35 Å². The van der Waals surface area contributed by atoms with E-state index in [2.05, 4.69) is 72.8 Å². The van der Waals surface area contributed by atoms with Gasteiger partial charge in [-0.2, -0.15) is 0 Å². The van der Waals surface area contributed by atoms with Crippen LogP contribution >= 0.6 is 7.26 Å². The summed E-state index contributed by atoms with van der Waals surface area (Å²) in [6.45, 7) is 3.53. The Morgan fingerprint density at radius 3 is 1.35 bits per heavy atom. The smallest absolute Gasteiger partial charge is 0.171 e. The van der Waals surface area contributed by atoms with Gasteiger partial charge in [0.2, 0.25) is 0 Å². The summed E-state index contributed by atoms with van der Waals surface area (Å²) >= 11 is 0. The van der Waals surface area contributed by atoms with Crippen molar-refractivity contribution in [2.75, 3.05) is 13.0 Å². The molecule has 3 rings (SSSR count). The van der Waals surface area contributed by atoms with Crippen molar-refractivity contribution < 1.29 is 9.84 Å². The predicted molar refractivity (Wildman–Crippen MR) is 110 cm³/mol. The molecule has 0 N–H and O–H groups in total. The summed E-state index contributed by atoms with van der Waals surface area (Å²) < 4.78 is 6.06. The number of benzene rings is 3. The van der Waals surface area contributed by atoms with Gasteiger partial charge in [-0.3, -0.25) is 0 Å². The fraction of sp³-hybridized carbons (Fsp3) is 0.217. The Bertz CT molecular complexity index is 699. The molecule has 3 aromatic rings. The Morgan fingerprint density at radius 1 is 0.692 bits per heavy atom. The summed E-state index contributed by atoms with van der Waals surface area (Å²) in [6.07, 6.45) is 0.525. The number of hydrogen-bond acceptors (Lipinski definition) is 2. The first kappa shape index (κ1) is 18.8. The molecule has 0 aliphatic rings. The third-order valence-corrected chi connectivity index (χ3v) is 8.43. The van der Waals surface area contributed by atoms with Crippen molar-refractivity contribution in [1.29, 1.82) is 0 Å². The lowest BCUT2D eigenvalue weighted by molar-refractivity contribution is -0.472. The van der Waals surface area contributed by atoms with Gasteiger partial charge in [0.05, 0.1) is 0 Å². The average Bonchev–Trinajstić information content (AvgIpc) is 2.67. The van der Waals surface area contributed by atoms with Gasteiger partial charge in [0.1, 0.15) is 23.2 Å². The Balaban J connectivity index is 2.15. The highest BCUT2D eigenvalue weighted by Gasteiger charge is 2.45. The fourth-order valence-electron chi connectivity index (χ4n) is 3.15. The molecule has 0 atom stereocenters. The molecule has 0 aliphatic heterocycles. The zero-order chi connectivity index (χ0) is 18.5. The van der Waals surface area contributed by atoms with E-state index in [9.17, 15) is 5.11 Å². The van der Waals surface area contributed by atoms with Gasteiger partial charge in [0.25, 0.3) is 0 Å². The van der Waals surface area contributed by atoms with Crippen LogP contribution in [0.4, 0.5) is 0 Å². The van der Waals surface area contributed by atoms with Gasteiger partial charge in [-0.1, -0.05) is 74.0 Å². The van der Waals surface area contributed by atoms with Gasteiger partial charge < -0.3 is 9.84 Å². The first-order valence-electron chi connectivity index (χ1n) is 8.85. The minimum atomic E-state index is -2.00. The Hall–Kier alpha value is -1.99. The van der Waals surface area contributed by atoms with E-state index < -0.39 is 12.9 Å². The van der Waals surface area contributed by atoms with E-state index in [4.69, 9.17) is 4.74 Å². The van der Waals surface area contributed by atoms with Crippen molar-refractivity contribution >= 4 is 23.2 Å². The van der Waals surface area contributed by atoms with Crippen molar-refractivity contribution in [2.24, 2.45) is 0 Å². The first-order chi connectivity index (χ1) is 12.5. The van der Waals surface area contributed by atoms with Crippen molar-refractivity contribution in [1.82, 2.24) is 0 Å². The largest absolute Gasteiger partial charge is 0.848 e. The molecule has 3 heteroatoms. The van der Waals surface area contributed by atoms with Crippen LogP contribution in [0.15, 0.2) is 91.0 Å². The fourth-order valence-corrected chi connectivity index (χ4v) is 6.90. The van der Waals surface area contributed by atoms with Gasteiger partial charge in [0, 0.05) is 6.61 Å². The molecule has 0 bridgehead atoms. The molecule has 0 aliphatic carbocycles. The number of hydrogen-bond donors (Lipinski definition) is 0. The molecule has 0 spiro atoms. The monoisotopic (exact) mass is 364 g/mol. The lowest BCUT2D eigenvalue weighted by atomic mass is 10.2. The van der Waals surface area contributed by atoms with E-state index in [0.717, 1.165) is 0 Å². The van der Waals surface area contributed by atoms with Crippen molar-refractivity contribution in [2.45, 2.75) is 19.4 Å². The van der Waals surface area contributed by atoms with Crippen LogP contribution in [0.3, 0.4) is 0 Å². The first-order valence-corrected chi connectivity index (χ1v) is 10.8. The van der Waals surface area contributed by atoms with Crippen LogP contribution in [0, 0.1) is 0 Å². The van der Waals surface area contributed by atoms with Crippen LogP contribution < -0.4 is 21.0 Å². The molecule has 26 heavy (non-hydrogen) atoms. The number of ether oxygens (including phenoxy) is 1. The highest BCUT2D eigenvalue weighted by molar-refractivity contribution is 7.95. The molecule has 134 valence electrons. The van der Waals surface area contributed by atoms with Crippen LogP contribution in [0.5, 0.6) is 0 Å². The molecule has 0 unspecified atom stereocenters. The predicted octanol–water partition coefficient (Wildman–Crippen LogP) is 3.09. The van der Waals surface area contributed by atoms with Crippen molar-refractivity contribution in [3.05, 3.63) is 91.0 Å². The molecular formula is C23H25O2P. The lowest BCUT2D eigenvalue weighted by Gasteiger charge is -2.33. The Morgan fingerprint density at radius 2 is 1.04 bits per heavy atom. The molecule has 0 aromatic heterocycles. The molecule has 0 fully saturated rings. The van der Waals surface area contributed by atoms with Crippen LogP contribution in [0.1, 0.15) is 13.8 Å². The van der Waals surface area contributed by atoms with E-state index in [1.807, 2.05) is 18.2 Å². The average molecular weight is 364 g/mol. The molecule has 3 aromatic carbocycles. The summed E-state index contributed by atoms with van der Waals surface area (Å²) in [7, 11) is -2.00. The minimum absolute atomic E-state index is 0.196. The summed E-state index contributed by atoms with van der Waals surface area (Å²) in [4.78, 5) is 0. The third-order valence-electron chi connectivity index (χ3n) is 4.33. The second-order valence-corrected chi connectivity index (χ2v) is 10.5. The van der Waals surface area contributed by atoms with Gasteiger partial charge in [-0.05, 0) is 36.4 Å². The Kier molecular flexibility index (Phi) is 5.88. The minimum Gasteiger partial charge on any atom is -0.848 e. The lowest BCUT2D eigenvalue weighted by Crippen LogP contribution is -2.43. The Labute approximate surface area is 156 Å². The van der Waals surface area contributed by atoms with Crippen molar-refractivity contribution in [3.63, 3.8) is 0 Å². The summed E-state index contributed by atoms with van der Waals surface area (Å²) in [6, 6.07) is 31.7. The highest BCUT2D eigenvalue weighted by atomic mass is 31.2. The molecule has 0 heterocycles. The quantitative estimate of drug-likeness (QED) is 0.604. The van der Waals surface area contributed by atoms with Crippen LogP contribution in [-0.2, 0) is 4.74 Å². The number of rotatable bonds is 7. The normalized spacial score (nSPS) is 12.1. The third kappa shape index (κ3) is 4.22. The molecule has 2 nitrogen and oxygen atoms in total. The van der Waals surface area contributed by atoms with E-state index in [0.29, 0.717) is 6.35 Å². The molecular weight excluding hydrogens is 339 g/mol. The van der Waals surface area contributed by atoms with Gasteiger partial charge in [-0.15, -0.1) is 0 Å². The molecule has 0 amide bonds.